The number of benzene rings is 3. The highest BCUT2D eigenvalue weighted by atomic mass is 32.2. The third-order valence-electron chi connectivity index (χ3n) is 7.59. The van der Waals surface area contributed by atoms with Crippen molar-refractivity contribution in [2.24, 2.45) is 0 Å². The number of carbonyl (C=O) groups is 2. The summed E-state index contributed by atoms with van der Waals surface area (Å²) in [6, 6.07) is 21.8. The van der Waals surface area contributed by atoms with Gasteiger partial charge in [0, 0.05) is 34.0 Å². The number of ether oxygens (including phenoxy) is 4. The minimum absolute atomic E-state index is 0.0546. The highest BCUT2D eigenvalue weighted by Gasteiger charge is 2.46. The molecule has 0 bridgehead atoms. The highest BCUT2D eigenvalue weighted by molar-refractivity contribution is 7.99. The number of fused-ring (bicyclic) bond motifs is 3. The van der Waals surface area contributed by atoms with Gasteiger partial charge in [0.25, 0.3) is 5.91 Å². The molecule has 7 rings (SSSR count). The summed E-state index contributed by atoms with van der Waals surface area (Å²) < 4.78 is 22.6. The van der Waals surface area contributed by atoms with Gasteiger partial charge in [-0.1, -0.05) is 60.3 Å². The second-order valence-electron chi connectivity index (χ2n) is 9.74. The number of morpholine rings is 1. The number of hydrogen-bond donors (Lipinski definition) is 0. The molecule has 3 aliphatic rings. The number of carbonyl (C=O) groups excluding carboxylic acids is 2. The van der Waals surface area contributed by atoms with Gasteiger partial charge in [0.15, 0.2) is 5.69 Å². The fraction of sp³-hybridized carbons (Fsp3) is 0.233. The van der Waals surface area contributed by atoms with Gasteiger partial charge in [-0.2, -0.15) is 0 Å². The van der Waals surface area contributed by atoms with E-state index in [2.05, 4.69) is 52.2 Å². The Hall–Kier alpha value is -4.48. The zero-order valence-electron chi connectivity index (χ0n) is 22.0. The first-order valence-corrected chi connectivity index (χ1v) is 13.9. The van der Waals surface area contributed by atoms with Crippen LogP contribution in [0.2, 0.25) is 0 Å². The summed E-state index contributed by atoms with van der Waals surface area (Å²) in [6.45, 7) is 0.395. The smallest absolute Gasteiger partial charge is 0.451 e. The Kier molecular flexibility index (Phi) is 6.32. The predicted molar refractivity (Wildman–Crippen MR) is 150 cm³/mol. The lowest BCUT2D eigenvalue weighted by molar-refractivity contribution is -0.0208. The van der Waals surface area contributed by atoms with Gasteiger partial charge in [-0.05, 0) is 28.6 Å². The zero-order chi connectivity index (χ0) is 28.1. The maximum absolute atomic E-state index is 14.0. The lowest BCUT2D eigenvalue weighted by Gasteiger charge is -2.51. The minimum atomic E-state index is -0.963. The Labute approximate surface area is 238 Å². The fourth-order valence-electron chi connectivity index (χ4n) is 5.87. The topological polar surface area (TPSA) is 99.5 Å². The van der Waals surface area contributed by atoms with Crippen LogP contribution in [0, 0.1) is 0 Å². The number of methoxy groups -OCH3 is 1. The van der Waals surface area contributed by atoms with Crippen molar-refractivity contribution in [1.82, 2.24) is 9.58 Å². The molecule has 3 aliphatic heterocycles. The summed E-state index contributed by atoms with van der Waals surface area (Å²) in [5.74, 6) is -0.568. The minimum Gasteiger partial charge on any atom is -0.451 e. The summed E-state index contributed by atoms with van der Waals surface area (Å²) >= 11 is 1.71. The van der Waals surface area contributed by atoms with E-state index in [0.29, 0.717) is 13.2 Å². The van der Waals surface area contributed by atoms with Crippen molar-refractivity contribution in [3.8, 4) is 5.75 Å². The van der Waals surface area contributed by atoms with Crippen molar-refractivity contribution in [1.29, 1.82) is 0 Å². The van der Waals surface area contributed by atoms with Crippen LogP contribution >= 0.6 is 11.8 Å². The van der Waals surface area contributed by atoms with Crippen molar-refractivity contribution in [2.75, 3.05) is 38.7 Å². The number of rotatable bonds is 4. The first-order chi connectivity index (χ1) is 20.1. The molecule has 0 aliphatic carbocycles. The molecule has 1 fully saturated rings. The SMILES string of the molecule is COC(=O)OCOc1c2n(ccc1=O)N(C1c3ccccc3Sc3cccc4cccc1c34)C1COCCN1C2=O. The molecule has 208 valence electrons. The Morgan fingerprint density at radius 1 is 1.00 bits per heavy atom. The van der Waals surface area contributed by atoms with Crippen molar-refractivity contribution in [2.45, 2.75) is 22.0 Å². The van der Waals surface area contributed by atoms with Gasteiger partial charge < -0.3 is 23.8 Å². The van der Waals surface area contributed by atoms with E-state index >= 15 is 0 Å². The van der Waals surface area contributed by atoms with E-state index in [1.165, 1.54) is 13.2 Å². The summed E-state index contributed by atoms with van der Waals surface area (Å²) in [5.41, 5.74) is 1.67. The normalized spacial score (nSPS) is 19.1. The number of hydrogen-bond acceptors (Lipinski definition) is 9. The Bertz CT molecular complexity index is 1750. The largest absolute Gasteiger partial charge is 0.510 e. The lowest BCUT2D eigenvalue weighted by atomic mass is 9.92. The second-order valence-corrected chi connectivity index (χ2v) is 10.8. The van der Waals surface area contributed by atoms with E-state index in [9.17, 15) is 14.4 Å². The third kappa shape index (κ3) is 4.11. The fourth-order valence-corrected chi connectivity index (χ4v) is 7.04. The molecule has 2 atom stereocenters. The van der Waals surface area contributed by atoms with Crippen molar-refractivity contribution in [3.63, 3.8) is 0 Å². The molecule has 11 heteroatoms. The van der Waals surface area contributed by atoms with Crippen LogP contribution in [-0.2, 0) is 14.2 Å². The average Bonchev–Trinajstić information content (AvgIpc) is 3.14. The number of nitrogens with zero attached hydrogens (tertiary/aromatic N) is 3. The summed E-state index contributed by atoms with van der Waals surface area (Å²) in [5, 5.41) is 4.34. The average molecular weight is 572 g/mol. The number of amides is 1. The van der Waals surface area contributed by atoms with Crippen LogP contribution in [0.5, 0.6) is 5.75 Å². The predicted octanol–water partition coefficient (Wildman–Crippen LogP) is 4.13. The summed E-state index contributed by atoms with van der Waals surface area (Å²) in [7, 11) is 1.17. The van der Waals surface area contributed by atoms with Gasteiger partial charge in [-0.15, -0.1) is 0 Å². The maximum Gasteiger partial charge on any atom is 0.510 e. The van der Waals surface area contributed by atoms with Crippen LogP contribution in [0.25, 0.3) is 10.8 Å². The van der Waals surface area contributed by atoms with E-state index in [1.807, 2.05) is 18.2 Å². The van der Waals surface area contributed by atoms with Crippen molar-refractivity contribution >= 4 is 34.6 Å². The molecule has 0 N–H and O–H groups in total. The summed E-state index contributed by atoms with van der Waals surface area (Å²) in [4.78, 5) is 42.5. The van der Waals surface area contributed by atoms with E-state index < -0.39 is 24.5 Å². The van der Waals surface area contributed by atoms with E-state index in [1.54, 1.807) is 27.5 Å². The molecule has 0 radical (unpaired) electrons. The van der Waals surface area contributed by atoms with Crippen LogP contribution in [0.3, 0.4) is 0 Å². The molecule has 0 spiro atoms. The molecule has 1 saturated heterocycles. The molecule has 4 aromatic rings. The molecule has 2 unspecified atom stereocenters. The van der Waals surface area contributed by atoms with Gasteiger partial charge in [0.2, 0.25) is 18.0 Å². The van der Waals surface area contributed by atoms with Gasteiger partial charge in [-0.3, -0.25) is 19.3 Å². The molecule has 1 aromatic heterocycles. The van der Waals surface area contributed by atoms with Gasteiger partial charge >= 0.3 is 6.16 Å². The Morgan fingerprint density at radius 3 is 2.63 bits per heavy atom. The maximum atomic E-state index is 14.0. The van der Waals surface area contributed by atoms with E-state index in [-0.39, 0.29) is 30.0 Å². The van der Waals surface area contributed by atoms with Crippen LogP contribution in [0.4, 0.5) is 4.79 Å². The molecule has 10 nitrogen and oxygen atoms in total. The molecular weight excluding hydrogens is 546 g/mol. The quantitative estimate of drug-likeness (QED) is 0.265. The Balaban J connectivity index is 1.47. The van der Waals surface area contributed by atoms with Crippen molar-refractivity contribution in [3.05, 3.63) is 100.0 Å². The van der Waals surface area contributed by atoms with Gasteiger partial charge in [0.05, 0.1) is 26.4 Å². The van der Waals surface area contributed by atoms with Gasteiger partial charge in [-0.25, -0.2) is 4.79 Å². The van der Waals surface area contributed by atoms with Gasteiger partial charge in [0.1, 0.15) is 6.17 Å². The monoisotopic (exact) mass is 571 g/mol. The van der Waals surface area contributed by atoms with E-state index in [4.69, 9.17) is 14.2 Å². The van der Waals surface area contributed by atoms with Crippen molar-refractivity contribution < 1.29 is 28.5 Å². The lowest BCUT2D eigenvalue weighted by Crippen LogP contribution is -2.66. The number of aromatic nitrogens is 1. The number of pyridine rings is 1. The molecule has 4 heterocycles. The standard InChI is InChI=1S/C30H25N3O7S/c1-37-30(36)40-17-39-28-21(34)12-13-32-27(28)29(35)31-14-15-38-16-24(31)33(32)26-19-8-2-3-10-22(19)41-23-11-5-7-18-6-4-9-20(26)25(18)23/h2-13,24,26H,14-17H2,1H3. The highest BCUT2D eigenvalue weighted by Crippen LogP contribution is 2.48. The van der Waals surface area contributed by atoms with Crippen LogP contribution in [0.15, 0.2) is 87.5 Å². The first-order valence-electron chi connectivity index (χ1n) is 13.1. The van der Waals surface area contributed by atoms with Crippen LogP contribution in [-0.4, -0.2) is 61.5 Å². The van der Waals surface area contributed by atoms with Crippen LogP contribution < -0.4 is 15.2 Å². The van der Waals surface area contributed by atoms with Crippen LogP contribution in [0.1, 0.15) is 27.7 Å². The molecule has 1 amide bonds. The summed E-state index contributed by atoms with van der Waals surface area (Å²) in [6.07, 6.45) is 0.173. The Morgan fingerprint density at radius 2 is 1.78 bits per heavy atom. The van der Waals surface area contributed by atoms with E-state index in [0.717, 1.165) is 31.7 Å². The second kappa shape index (κ2) is 10.2. The third-order valence-corrected chi connectivity index (χ3v) is 8.75. The first kappa shape index (κ1) is 25.5. The zero-order valence-corrected chi connectivity index (χ0v) is 22.8. The molecule has 3 aromatic carbocycles. The molecule has 41 heavy (non-hydrogen) atoms. The molecule has 0 saturated carbocycles. The molecular formula is C30H25N3O7S.